The fourth-order valence-electron chi connectivity index (χ4n) is 4.77. The number of likely N-dealkylation sites (tertiary alicyclic amines) is 1. The van der Waals surface area contributed by atoms with Gasteiger partial charge in [0.25, 0.3) is 5.91 Å². The monoisotopic (exact) mass is 590 g/mol. The Bertz CT molecular complexity index is 1440. The molecule has 1 saturated heterocycles. The quantitative estimate of drug-likeness (QED) is 0.220. The highest BCUT2D eigenvalue weighted by Gasteiger charge is 2.32. The lowest BCUT2D eigenvalue weighted by Crippen LogP contribution is -2.46. The standard InChI is InChI=1S/C30H34F4N4O2S/c1-18(2)36-29(39)19-10-11-24(26(15-19)40-4)35-13-6-9-27-21(16-30(32,33)34)20-7-5-8-25(28(20)41-27)37-23-12-14-38(3)17-22(23)31/h5,7-8,10-11,15,18,22-23,35,37H,12-14,16-17H2,1-4H3,(H,36,39). The van der Waals surface area contributed by atoms with Gasteiger partial charge in [-0.25, -0.2) is 4.39 Å². The van der Waals surface area contributed by atoms with Gasteiger partial charge >= 0.3 is 6.18 Å². The molecule has 3 aromatic rings. The van der Waals surface area contributed by atoms with Crippen molar-refractivity contribution in [2.75, 3.05) is 44.4 Å². The summed E-state index contributed by atoms with van der Waals surface area (Å²) in [6.45, 7) is 4.91. The van der Waals surface area contributed by atoms with E-state index in [0.29, 0.717) is 50.6 Å². The third-order valence-corrected chi connectivity index (χ3v) is 7.93. The molecule has 2 heterocycles. The van der Waals surface area contributed by atoms with Gasteiger partial charge in [0, 0.05) is 24.7 Å². The zero-order chi connectivity index (χ0) is 29.7. The molecule has 0 saturated carbocycles. The number of thiophene rings is 1. The molecule has 0 radical (unpaired) electrons. The van der Waals surface area contributed by atoms with Gasteiger partial charge in [0.05, 0.1) is 47.1 Å². The van der Waals surface area contributed by atoms with Crippen molar-refractivity contribution in [3.63, 3.8) is 0 Å². The first-order valence-corrected chi connectivity index (χ1v) is 14.2. The number of nitrogens with one attached hydrogen (secondary N) is 3. The smallest absolute Gasteiger partial charge is 0.393 e. The molecule has 0 spiro atoms. The Morgan fingerprint density at radius 3 is 2.68 bits per heavy atom. The first-order valence-electron chi connectivity index (χ1n) is 13.4. The summed E-state index contributed by atoms with van der Waals surface area (Å²) >= 11 is 1.18. The number of nitrogens with zero attached hydrogens (tertiary/aromatic N) is 1. The molecule has 1 amide bonds. The van der Waals surface area contributed by atoms with Crippen molar-refractivity contribution in [2.24, 2.45) is 0 Å². The Morgan fingerprint density at radius 2 is 2.00 bits per heavy atom. The number of methoxy groups -OCH3 is 1. The Balaban J connectivity index is 1.57. The zero-order valence-corrected chi connectivity index (χ0v) is 24.2. The number of anilines is 2. The topological polar surface area (TPSA) is 65.6 Å². The average molecular weight is 591 g/mol. The Kier molecular flexibility index (Phi) is 9.66. The van der Waals surface area contributed by atoms with Crippen LogP contribution in [-0.4, -0.2) is 69.0 Å². The molecule has 220 valence electrons. The van der Waals surface area contributed by atoms with E-state index in [2.05, 4.69) is 27.8 Å². The van der Waals surface area contributed by atoms with E-state index in [1.54, 1.807) is 36.4 Å². The highest BCUT2D eigenvalue weighted by atomic mass is 32.1. The summed E-state index contributed by atoms with van der Waals surface area (Å²) < 4.78 is 61.5. The Morgan fingerprint density at radius 1 is 1.22 bits per heavy atom. The van der Waals surface area contributed by atoms with Crippen LogP contribution in [0.2, 0.25) is 0 Å². The van der Waals surface area contributed by atoms with E-state index in [1.165, 1.54) is 18.4 Å². The van der Waals surface area contributed by atoms with E-state index in [-0.39, 0.29) is 24.1 Å². The maximum absolute atomic E-state index is 14.7. The van der Waals surface area contributed by atoms with Crippen molar-refractivity contribution in [3.05, 3.63) is 52.4 Å². The van der Waals surface area contributed by atoms with Gasteiger partial charge in [0.2, 0.25) is 0 Å². The second-order valence-corrected chi connectivity index (χ2v) is 11.4. The number of amides is 1. The lowest BCUT2D eigenvalue weighted by atomic mass is 10.0. The summed E-state index contributed by atoms with van der Waals surface area (Å²) in [6.07, 6.45) is -6.01. The van der Waals surface area contributed by atoms with E-state index in [9.17, 15) is 22.4 Å². The fourth-order valence-corrected chi connectivity index (χ4v) is 5.94. The molecule has 1 aliphatic heterocycles. The molecule has 1 fully saturated rings. The summed E-state index contributed by atoms with van der Waals surface area (Å²) in [7, 11) is 3.35. The predicted molar refractivity (Wildman–Crippen MR) is 157 cm³/mol. The summed E-state index contributed by atoms with van der Waals surface area (Å²) in [5.41, 5.74) is 1.77. The first-order chi connectivity index (χ1) is 19.4. The van der Waals surface area contributed by atoms with Crippen molar-refractivity contribution in [1.82, 2.24) is 10.2 Å². The van der Waals surface area contributed by atoms with Crippen LogP contribution in [0.25, 0.3) is 10.1 Å². The molecule has 11 heteroatoms. The van der Waals surface area contributed by atoms with Gasteiger partial charge < -0.3 is 25.6 Å². The largest absolute Gasteiger partial charge is 0.495 e. The molecule has 3 N–H and O–H groups in total. The van der Waals surface area contributed by atoms with E-state index >= 15 is 0 Å². The van der Waals surface area contributed by atoms with Crippen molar-refractivity contribution >= 4 is 38.7 Å². The number of alkyl halides is 4. The molecule has 0 aliphatic carbocycles. The molecule has 1 aliphatic rings. The second kappa shape index (κ2) is 13.0. The number of fused-ring (bicyclic) bond motifs is 1. The second-order valence-electron chi connectivity index (χ2n) is 10.4. The minimum absolute atomic E-state index is 0.0144. The fraction of sp³-hybridized carbons (Fsp3) is 0.433. The molecule has 2 aromatic carbocycles. The number of carbonyl (C=O) groups is 1. The first kappa shape index (κ1) is 30.5. The van der Waals surface area contributed by atoms with Crippen LogP contribution < -0.4 is 20.7 Å². The number of ether oxygens (including phenoxy) is 1. The number of carbonyl (C=O) groups excluding carboxylic acids is 1. The highest BCUT2D eigenvalue weighted by molar-refractivity contribution is 7.20. The number of piperidine rings is 1. The number of hydrogen-bond donors (Lipinski definition) is 3. The van der Waals surface area contributed by atoms with Gasteiger partial charge in [0.1, 0.15) is 11.9 Å². The molecule has 2 atom stereocenters. The van der Waals surface area contributed by atoms with Crippen molar-refractivity contribution in [1.29, 1.82) is 0 Å². The van der Waals surface area contributed by atoms with Crippen molar-refractivity contribution in [3.8, 4) is 17.6 Å². The molecule has 41 heavy (non-hydrogen) atoms. The van der Waals surface area contributed by atoms with Crippen LogP contribution in [0.1, 0.15) is 41.1 Å². The third kappa shape index (κ3) is 7.83. The lowest BCUT2D eigenvalue weighted by molar-refractivity contribution is -0.126. The van der Waals surface area contributed by atoms with Gasteiger partial charge in [-0.3, -0.25) is 4.79 Å². The van der Waals surface area contributed by atoms with Crippen molar-refractivity contribution < 1.29 is 27.1 Å². The van der Waals surface area contributed by atoms with Crippen molar-refractivity contribution in [2.45, 2.75) is 51.1 Å². The molecule has 2 unspecified atom stereocenters. The lowest BCUT2D eigenvalue weighted by Gasteiger charge is -2.33. The maximum Gasteiger partial charge on any atom is 0.393 e. The molecular weight excluding hydrogens is 556 g/mol. The number of hydrogen-bond acceptors (Lipinski definition) is 6. The van der Waals surface area contributed by atoms with E-state index in [1.807, 2.05) is 25.8 Å². The zero-order valence-electron chi connectivity index (χ0n) is 23.4. The van der Waals surface area contributed by atoms with Gasteiger partial charge in [0.15, 0.2) is 0 Å². The average Bonchev–Trinajstić information content (AvgIpc) is 3.24. The van der Waals surface area contributed by atoms with Crippen LogP contribution in [0.3, 0.4) is 0 Å². The van der Waals surface area contributed by atoms with Crippen LogP contribution in [0.4, 0.5) is 28.9 Å². The number of halogens is 4. The van der Waals surface area contributed by atoms with Crippen LogP contribution in [-0.2, 0) is 6.42 Å². The molecule has 0 bridgehead atoms. The van der Waals surface area contributed by atoms with Gasteiger partial charge in [-0.15, -0.1) is 11.3 Å². The minimum atomic E-state index is -4.42. The number of rotatable bonds is 8. The third-order valence-electron chi connectivity index (χ3n) is 6.73. The van der Waals surface area contributed by atoms with Crippen LogP contribution >= 0.6 is 11.3 Å². The summed E-state index contributed by atoms with van der Waals surface area (Å²) in [5, 5.41) is 9.65. The van der Waals surface area contributed by atoms with E-state index in [4.69, 9.17) is 4.74 Å². The SMILES string of the molecule is COc1cc(C(=O)NC(C)C)ccc1NCC#Cc1sc2c(NC3CCN(C)CC3F)cccc2c1CC(F)(F)F. The molecule has 1 aromatic heterocycles. The Labute approximate surface area is 241 Å². The van der Waals surface area contributed by atoms with E-state index < -0.39 is 24.8 Å². The van der Waals surface area contributed by atoms with Crippen LogP contribution in [0.15, 0.2) is 36.4 Å². The van der Waals surface area contributed by atoms with Crippen LogP contribution in [0.5, 0.6) is 5.75 Å². The molecule has 6 nitrogen and oxygen atoms in total. The maximum atomic E-state index is 14.7. The van der Waals surface area contributed by atoms with Crippen LogP contribution in [0, 0.1) is 11.8 Å². The summed E-state index contributed by atoms with van der Waals surface area (Å²) in [4.78, 5) is 14.6. The van der Waals surface area contributed by atoms with Gasteiger partial charge in [-0.1, -0.05) is 24.0 Å². The minimum Gasteiger partial charge on any atom is -0.495 e. The highest BCUT2D eigenvalue weighted by Crippen LogP contribution is 2.39. The normalized spacial score (nSPS) is 17.7. The summed E-state index contributed by atoms with van der Waals surface area (Å²) in [5.74, 6) is 6.07. The van der Waals surface area contributed by atoms with E-state index in [0.717, 1.165) is 6.54 Å². The predicted octanol–water partition coefficient (Wildman–Crippen LogP) is 6.07. The Hall–Kier alpha value is -3.49. The number of benzene rings is 2. The van der Waals surface area contributed by atoms with Gasteiger partial charge in [-0.2, -0.15) is 13.2 Å². The summed E-state index contributed by atoms with van der Waals surface area (Å²) in [6, 6.07) is 9.66. The molecular formula is C30H34F4N4O2S. The van der Waals surface area contributed by atoms with Gasteiger partial charge in [-0.05, 0) is 62.5 Å². The molecule has 4 rings (SSSR count).